The molecule has 0 bridgehead atoms. The van der Waals surface area contributed by atoms with Crippen LogP contribution < -0.4 is 15.8 Å². The molecule has 3 N–H and O–H groups in total. The molecule has 0 spiro atoms. The number of hydrogen-bond donors (Lipinski definition) is 2. The fourth-order valence-corrected chi connectivity index (χ4v) is 2.56. The van der Waals surface area contributed by atoms with Gasteiger partial charge in [0.2, 0.25) is 5.91 Å². The molecule has 2 aromatic rings. The molecule has 1 aliphatic heterocycles. The van der Waals surface area contributed by atoms with Gasteiger partial charge in [0.15, 0.2) is 0 Å². The van der Waals surface area contributed by atoms with Gasteiger partial charge in [0.05, 0.1) is 18.5 Å². The van der Waals surface area contributed by atoms with E-state index in [0.29, 0.717) is 13.0 Å². The number of nitrogens with one attached hydrogen (secondary N) is 1. The summed E-state index contributed by atoms with van der Waals surface area (Å²) in [4.78, 5) is 12.1. The zero-order valence-corrected chi connectivity index (χ0v) is 11.7. The van der Waals surface area contributed by atoms with Gasteiger partial charge in [-0.3, -0.25) is 4.79 Å². The molecule has 0 aliphatic carbocycles. The standard InChI is InChI=1S/C17H18N2O2/c18-17-13-8-4-5-9-15(13)21-11-14(17)19-16(20)10-12-6-2-1-3-7-12/h1-9,14,17H,10-11,18H2,(H,19,20). The number of carbonyl (C=O) groups excluding carboxylic acids is 1. The van der Waals surface area contributed by atoms with Crippen molar-refractivity contribution >= 4 is 5.91 Å². The Morgan fingerprint density at radius 1 is 1.14 bits per heavy atom. The first-order chi connectivity index (χ1) is 10.2. The Labute approximate surface area is 123 Å². The van der Waals surface area contributed by atoms with Crippen LogP contribution >= 0.6 is 0 Å². The minimum atomic E-state index is -0.241. The molecular formula is C17H18N2O2. The molecule has 2 atom stereocenters. The lowest BCUT2D eigenvalue weighted by atomic mass is 9.97. The zero-order chi connectivity index (χ0) is 14.7. The molecule has 1 heterocycles. The van der Waals surface area contributed by atoms with Crippen LogP contribution in [-0.4, -0.2) is 18.6 Å². The van der Waals surface area contributed by atoms with Crippen molar-refractivity contribution < 1.29 is 9.53 Å². The van der Waals surface area contributed by atoms with Crippen molar-refractivity contribution in [2.75, 3.05) is 6.61 Å². The van der Waals surface area contributed by atoms with Crippen molar-refractivity contribution in [1.82, 2.24) is 5.32 Å². The summed E-state index contributed by atoms with van der Waals surface area (Å²) in [6, 6.07) is 16.9. The van der Waals surface area contributed by atoms with Crippen molar-refractivity contribution in [2.24, 2.45) is 5.73 Å². The van der Waals surface area contributed by atoms with Gasteiger partial charge in [-0.15, -0.1) is 0 Å². The lowest BCUT2D eigenvalue weighted by Gasteiger charge is -2.31. The van der Waals surface area contributed by atoms with E-state index in [1.54, 1.807) is 0 Å². The number of ether oxygens (including phenoxy) is 1. The predicted octanol–water partition coefficient (Wildman–Crippen LogP) is 1.81. The van der Waals surface area contributed by atoms with Gasteiger partial charge in [0, 0.05) is 5.56 Å². The van der Waals surface area contributed by atoms with Crippen LogP contribution in [0.4, 0.5) is 0 Å². The first-order valence-corrected chi connectivity index (χ1v) is 7.04. The molecule has 1 amide bonds. The van der Waals surface area contributed by atoms with Crippen LogP contribution in [0.1, 0.15) is 17.2 Å². The highest BCUT2D eigenvalue weighted by atomic mass is 16.5. The van der Waals surface area contributed by atoms with Crippen molar-refractivity contribution in [3.05, 3.63) is 65.7 Å². The number of hydrogen-bond acceptors (Lipinski definition) is 3. The quantitative estimate of drug-likeness (QED) is 0.902. The molecular weight excluding hydrogens is 264 g/mol. The van der Waals surface area contributed by atoms with Crippen LogP contribution in [0.15, 0.2) is 54.6 Å². The van der Waals surface area contributed by atoms with Crippen molar-refractivity contribution in [1.29, 1.82) is 0 Å². The highest BCUT2D eigenvalue weighted by Gasteiger charge is 2.28. The molecule has 3 rings (SSSR count). The molecule has 2 aromatic carbocycles. The fourth-order valence-electron chi connectivity index (χ4n) is 2.56. The second kappa shape index (κ2) is 5.97. The van der Waals surface area contributed by atoms with Gasteiger partial charge < -0.3 is 15.8 Å². The normalized spacial score (nSPS) is 20.2. The summed E-state index contributed by atoms with van der Waals surface area (Å²) in [6.45, 7) is 0.401. The Morgan fingerprint density at radius 2 is 1.86 bits per heavy atom. The molecule has 4 heteroatoms. The van der Waals surface area contributed by atoms with Gasteiger partial charge in [-0.25, -0.2) is 0 Å². The van der Waals surface area contributed by atoms with E-state index in [4.69, 9.17) is 10.5 Å². The van der Waals surface area contributed by atoms with Gasteiger partial charge in [-0.05, 0) is 11.6 Å². The number of nitrogens with two attached hydrogens (primary N) is 1. The van der Waals surface area contributed by atoms with Crippen molar-refractivity contribution in [3.8, 4) is 5.75 Å². The molecule has 0 radical (unpaired) electrons. The van der Waals surface area contributed by atoms with Crippen LogP contribution in [0.5, 0.6) is 5.75 Å². The summed E-state index contributed by atoms with van der Waals surface area (Å²) in [5.74, 6) is 0.767. The zero-order valence-electron chi connectivity index (χ0n) is 11.7. The summed E-state index contributed by atoms with van der Waals surface area (Å²) in [5.41, 5.74) is 8.16. The first-order valence-electron chi connectivity index (χ1n) is 7.04. The predicted molar refractivity (Wildman–Crippen MR) is 80.9 cm³/mol. The molecule has 21 heavy (non-hydrogen) atoms. The van der Waals surface area contributed by atoms with Crippen LogP contribution in [-0.2, 0) is 11.2 Å². The molecule has 108 valence electrons. The molecule has 2 unspecified atom stereocenters. The topological polar surface area (TPSA) is 64.3 Å². The molecule has 0 saturated heterocycles. The van der Waals surface area contributed by atoms with E-state index in [-0.39, 0.29) is 18.0 Å². The molecule has 0 fully saturated rings. The second-order valence-corrected chi connectivity index (χ2v) is 5.21. The van der Waals surface area contributed by atoms with E-state index in [1.165, 1.54) is 0 Å². The van der Waals surface area contributed by atoms with E-state index in [9.17, 15) is 4.79 Å². The van der Waals surface area contributed by atoms with E-state index < -0.39 is 0 Å². The summed E-state index contributed by atoms with van der Waals surface area (Å²) < 4.78 is 5.66. The van der Waals surface area contributed by atoms with E-state index >= 15 is 0 Å². The number of rotatable bonds is 3. The number of fused-ring (bicyclic) bond motifs is 1. The largest absolute Gasteiger partial charge is 0.491 e. The molecule has 0 aromatic heterocycles. The van der Waals surface area contributed by atoms with Crippen molar-refractivity contribution in [2.45, 2.75) is 18.5 Å². The van der Waals surface area contributed by atoms with Gasteiger partial charge in [-0.2, -0.15) is 0 Å². The number of carbonyl (C=O) groups is 1. The minimum absolute atomic E-state index is 0.0374. The third kappa shape index (κ3) is 3.06. The summed E-state index contributed by atoms with van der Waals surface area (Å²) in [7, 11) is 0. The van der Waals surface area contributed by atoms with E-state index in [1.807, 2.05) is 54.6 Å². The lowest BCUT2D eigenvalue weighted by molar-refractivity contribution is -0.121. The average molecular weight is 282 g/mol. The maximum absolute atomic E-state index is 12.1. The van der Waals surface area contributed by atoms with Gasteiger partial charge in [0.25, 0.3) is 0 Å². The minimum Gasteiger partial charge on any atom is -0.491 e. The lowest BCUT2D eigenvalue weighted by Crippen LogP contribution is -2.48. The summed E-state index contributed by atoms with van der Waals surface area (Å²) >= 11 is 0. The first kappa shape index (κ1) is 13.6. The maximum atomic E-state index is 12.1. The van der Waals surface area contributed by atoms with Gasteiger partial charge >= 0.3 is 0 Å². The Bertz CT molecular complexity index is 628. The third-order valence-electron chi connectivity index (χ3n) is 3.68. The fraction of sp³-hybridized carbons (Fsp3) is 0.235. The van der Waals surface area contributed by atoms with Gasteiger partial charge in [-0.1, -0.05) is 48.5 Å². The molecule has 1 aliphatic rings. The highest BCUT2D eigenvalue weighted by Crippen LogP contribution is 2.30. The van der Waals surface area contributed by atoms with Crippen molar-refractivity contribution in [3.63, 3.8) is 0 Å². The van der Waals surface area contributed by atoms with E-state index in [0.717, 1.165) is 16.9 Å². The second-order valence-electron chi connectivity index (χ2n) is 5.21. The van der Waals surface area contributed by atoms with Crippen LogP contribution in [0.25, 0.3) is 0 Å². The third-order valence-corrected chi connectivity index (χ3v) is 3.68. The summed E-state index contributed by atoms with van der Waals surface area (Å²) in [6.07, 6.45) is 0.353. The Hall–Kier alpha value is -2.33. The van der Waals surface area contributed by atoms with Crippen LogP contribution in [0, 0.1) is 0 Å². The van der Waals surface area contributed by atoms with Gasteiger partial charge in [0.1, 0.15) is 12.4 Å². The Morgan fingerprint density at radius 3 is 2.67 bits per heavy atom. The smallest absolute Gasteiger partial charge is 0.224 e. The highest BCUT2D eigenvalue weighted by molar-refractivity contribution is 5.79. The van der Waals surface area contributed by atoms with Crippen LogP contribution in [0.3, 0.4) is 0 Å². The Kier molecular flexibility index (Phi) is 3.88. The maximum Gasteiger partial charge on any atom is 0.224 e. The van der Waals surface area contributed by atoms with Crippen LogP contribution in [0.2, 0.25) is 0 Å². The number of amides is 1. The molecule has 0 saturated carbocycles. The average Bonchev–Trinajstić information content (AvgIpc) is 2.51. The van der Waals surface area contributed by atoms with E-state index in [2.05, 4.69) is 5.32 Å². The number of para-hydroxylation sites is 1. The molecule has 4 nitrogen and oxygen atoms in total. The monoisotopic (exact) mass is 282 g/mol. The number of benzene rings is 2. The SMILES string of the molecule is NC1c2ccccc2OCC1NC(=O)Cc1ccccc1. The Balaban J connectivity index is 1.65. The summed E-state index contributed by atoms with van der Waals surface area (Å²) in [5, 5.41) is 2.97.